The van der Waals surface area contributed by atoms with E-state index in [9.17, 15) is 4.79 Å². The first-order chi connectivity index (χ1) is 13.7. The minimum absolute atomic E-state index is 0.248. The number of piperidine rings is 1. The van der Waals surface area contributed by atoms with Crippen molar-refractivity contribution >= 4 is 5.78 Å². The highest BCUT2D eigenvalue weighted by molar-refractivity contribution is 6.06. The summed E-state index contributed by atoms with van der Waals surface area (Å²) in [6.45, 7) is 2.97. The maximum atomic E-state index is 13.7. The number of hydrogen-bond donors (Lipinski definition) is 0. The quantitative estimate of drug-likeness (QED) is 0.756. The number of likely N-dealkylation sites (tertiary alicyclic amines) is 1. The fourth-order valence-electron chi connectivity index (χ4n) is 4.94. The van der Waals surface area contributed by atoms with Crippen LogP contribution in [0.25, 0.3) is 0 Å². The van der Waals surface area contributed by atoms with Gasteiger partial charge >= 0.3 is 0 Å². The second kappa shape index (κ2) is 7.96. The van der Waals surface area contributed by atoms with Crippen molar-refractivity contribution in [2.24, 2.45) is 5.41 Å². The predicted octanol–water partition coefficient (Wildman–Crippen LogP) is 4.16. The van der Waals surface area contributed by atoms with Gasteiger partial charge in [-0.25, -0.2) is 0 Å². The minimum Gasteiger partial charge on any atom is -0.493 e. The minimum atomic E-state index is -0.444. The number of benzene rings is 2. The fraction of sp³-hybridized carbons (Fsp3) is 0.458. The molecule has 0 amide bonds. The first-order valence-electron chi connectivity index (χ1n) is 10.2. The normalized spacial score (nSPS) is 22.1. The molecule has 4 nitrogen and oxygen atoms in total. The number of carbonyl (C=O) groups is 1. The molecule has 1 saturated heterocycles. The molecular formula is C24H29NO3. The summed E-state index contributed by atoms with van der Waals surface area (Å²) in [5, 5.41) is 0. The summed E-state index contributed by atoms with van der Waals surface area (Å²) in [6.07, 6.45) is 5.19. The van der Waals surface area contributed by atoms with Crippen LogP contribution in [0.15, 0.2) is 42.5 Å². The van der Waals surface area contributed by atoms with Gasteiger partial charge in [-0.2, -0.15) is 0 Å². The Hall–Kier alpha value is -2.33. The molecule has 0 spiro atoms. The van der Waals surface area contributed by atoms with Gasteiger partial charge in [-0.3, -0.25) is 4.79 Å². The Kier molecular flexibility index (Phi) is 5.40. The molecule has 0 bridgehead atoms. The fourth-order valence-corrected chi connectivity index (χ4v) is 4.94. The number of rotatable bonds is 6. The summed E-state index contributed by atoms with van der Waals surface area (Å²) >= 11 is 0. The lowest BCUT2D eigenvalue weighted by molar-refractivity contribution is 0.0702. The van der Waals surface area contributed by atoms with Crippen LogP contribution in [0.2, 0.25) is 0 Å². The monoisotopic (exact) mass is 379 g/mol. The number of hydrogen-bond acceptors (Lipinski definition) is 4. The summed E-state index contributed by atoms with van der Waals surface area (Å²) in [6, 6.07) is 14.2. The highest BCUT2D eigenvalue weighted by Gasteiger charge is 2.48. The summed E-state index contributed by atoms with van der Waals surface area (Å²) in [5.41, 5.74) is 2.57. The van der Waals surface area contributed by atoms with Gasteiger partial charge in [0, 0.05) is 17.7 Å². The van der Waals surface area contributed by atoms with Crippen LogP contribution in [0.5, 0.6) is 11.5 Å². The molecule has 1 aliphatic heterocycles. The number of ketones is 1. The van der Waals surface area contributed by atoms with Crippen molar-refractivity contribution in [2.75, 3.05) is 33.9 Å². The second-order valence-corrected chi connectivity index (χ2v) is 8.11. The largest absolute Gasteiger partial charge is 0.493 e. The van der Waals surface area contributed by atoms with Crippen molar-refractivity contribution in [3.05, 3.63) is 59.2 Å². The third-order valence-electron chi connectivity index (χ3n) is 6.25. The lowest BCUT2D eigenvalue weighted by atomic mass is 9.77. The Morgan fingerprint density at radius 2 is 1.71 bits per heavy atom. The van der Waals surface area contributed by atoms with E-state index in [0.717, 1.165) is 37.2 Å². The third kappa shape index (κ3) is 3.42. The van der Waals surface area contributed by atoms with E-state index in [1.165, 1.54) is 24.8 Å². The Balaban J connectivity index is 1.73. The van der Waals surface area contributed by atoms with Crippen molar-refractivity contribution in [1.29, 1.82) is 0 Å². The summed E-state index contributed by atoms with van der Waals surface area (Å²) in [4.78, 5) is 16.2. The molecule has 2 aromatic rings. The van der Waals surface area contributed by atoms with Crippen LogP contribution in [0.3, 0.4) is 0 Å². The van der Waals surface area contributed by atoms with E-state index in [1.54, 1.807) is 14.2 Å². The van der Waals surface area contributed by atoms with Gasteiger partial charge in [0.15, 0.2) is 17.3 Å². The molecule has 1 heterocycles. The van der Waals surface area contributed by atoms with E-state index in [-0.39, 0.29) is 5.78 Å². The van der Waals surface area contributed by atoms with E-state index in [2.05, 4.69) is 29.2 Å². The van der Waals surface area contributed by atoms with Crippen LogP contribution >= 0.6 is 0 Å². The molecule has 0 aromatic heterocycles. The molecule has 28 heavy (non-hydrogen) atoms. The average molecular weight is 380 g/mol. The van der Waals surface area contributed by atoms with Crippen LogP contribution in [0.4, 0.5) is 0 Å². The van der Waals surface area contributed by atoms with Gasteiger partial charge in [0.05, 0.1) is 19.6 Å². The lowest BCUT2D eigenvalue weighted by Gasteiger charge is -2.36. The molecule has 2 aromatic carbocycles. The average Bonchev–Trinajstić information content (AvgIpc) is 3.00. The lowest BCUT2D eigenvalue weighted by Crippen LogP contribution is -2.45. The first kappa shape index (κ1) is 19.0. The van der Waals surface area contributed by atoms with E-state index < -0.39 is 5.41 Å². The zero-order valence-electron chi connectivity index (χ0n) is 16.9. The van der Waals surface area contributed by atoms with Crippen molar-refractivity contribution in [3.8, 4) is 11.5 Å². The Labute approximate surface area is 167 Å². The van der Waals surface area contributed by atoms with Gasteiger partial charge in [0.25, 0.3) is 0 Å². The van der Waals surface area contributed by atoms with Crippen LogP contribution in [-0.2, 0) is 12.8 Å². The first-order valence-corrected chi connectivity index (χ1v) is 10.2. The SMILES string of the molecule is COc1ccc2c(c1OC)CC(Cc1ccccc1)(CN1CCCCC1)C2=O. The number of carbonyl (C=O) groups excluding carboxylic acids is 1. The molecule has 0 radical (unpaired) electrons. The van der Waals surface area contributed by atoms with Gasteiger partial charge in [-0.05, 0) is 56.5 Å². The topological polar surface area (TPSA) is 38.8 Å². The van der Waals surface area contributed by atoms with Crippen molar-refractivity contribution in [2.45, 2.75) is 32.1 Å². The number of ether oxygens (including phenoxy) is 2. The number of fused-ring (bicyclic) bond motifs is 1. The molecule has 0 N–H and O–H groups in total. The number of Topliss-reactive ketones (excluding diaryl/α,β-unsaturated/α-hetero) is 1. The molecule has 4 heteroatoms. The molecule has 1 unspecified atom stereocenters. The number of nitrogens with zero attached hydrogens (tertiary/aromatic N) is 1. The molecule has 1 fully saturated rings. The maximum Gasteiger partial charge on any atom is 0.171 e. The third-order valence-corrected chi connectivity index (χ3v) is 6.25. The molecule has 2 aliphatic rings. The van der Waals surface area contributed by atoms with E-state index in [4.69, 9.17) is 9.47 Å². The van der Waals surface area contributed by atoms with Crippen LogP contribution < -0.4 is 9.47 Å². The van der Waals surface area contributed by atoms with Crippen molar-refractivity contribution in [3.63, 3.8) is 0 Å². The Bertz CT molecular complexity index is 842. The Morgan fingerprint density at radius 3 is 2.39 bits per heavy atom. The highest BCUT2D eigenvalue weighted by atomic mass is 16.5. The zero-order chi connectivity index (χ0) is 19.6. The Morgan fingerprint density at radius 1 is 0.964 bits per heavy atom. The van der Waals surface area contributed by atoms with Crippen molar-refractivity contribution < 1.29 is 14.3 Å². The molecule has 0 saturated carbocycles. The van der Waals surface area contributed by atoms with E-state index >= 15 is 0 Å². The second-order valence-electron chi connectivity index (χ2n) is 8.11. The van der Waals surface area contributed by atoms with Crippen LogP contribution in [-0.4, -0.2) is 44.5 Å². The van der Waals surface area contributed by atoms with Gasteiger partial charge in [0.1, 0.15) is 0 Å². The molecule has 1 atom stereocenters. The predicted molar refractivity (Wildman–Crippen MR) is 110 cm³/mol. The molecule has 1 aliphatic carbocycles. The van der Waals surface area contributed by atoms with Gasteiger partial charge < -0.3 is 14.4 Å². The molecular weight excluding hydrogens is 350 g/mol. The van der Waals surface area contributed by atoms with E-state index in [1.807, 2.05) is 18.2 Å². The summed E-state index contributed by atoms with van der Waals surface area (Å²) < 4.78 is 11.2. The van der Waals surface area contributed by atoms with Gasteiger partial charge in [-0.15, -0.1) is 0 Å². The van der Waals surface area contributed by atoms with Gasteiger partial charge in [0.2, 0.25) is 0 Å². The van der Waals surface area contributed by atoms with E-state index in [0.29, 0.717) is 17.9 Å². The summed E-state index contributed by atoms with van der Waals surface area (Å²) in [5.74, 6) is 1.65. The molecule has 148 valence electrons. The maximum absolute atomic E-state index is 13.7. The zero-order valence-corrected chi connectivity index (χ0v) is 16.9. The highest BCUT2D eigenvalue weighted by Crippen LogP contribution is 2.47. The standard InChI is InChI=1S/C24H29NO3/c1-27-21-12-11-19-20(22(21)28-2)16-24(23(19)26,15-18-9-5-3-6-10-18)17-25-13-7-4-8-14-25/h3,5-6,9-12H,4,7-8,13-17H2,1-2H3. The van der Waals surface area contributed by atoms with Crippen LogP contribution in [0.1, 0.15) is 40.7 Å². The number of methoxy groups -OCH3 is 2. The smallest absolute Gasteiger partial charge is 0.171 e. The van der Waals surface area contributed by atoms with Crippen LogP contribution in [0, 0.1) is 5.41 Å². The van der Waals surface area contributed by atoms with Gasteiger partial charge in [-0.1, -0.05) is 36.8 Å². The molecule has 4 rings (SSSR count). The van der Waals surface area contributed by atoms with Crippen molar-refractivity contribution in [1.82, 2.24) is 4.90 Å². The summed E-state index contributed by atoms with van der Waals surface area (Å²) in [7, 11) is 3.30.